The van der Waals surface area contributed by atoms with Gasteiger partial charge in [0, 0.05) is 23.9 Å². The second-order valence-corrected chi connectivity index (χ2v) is 12.2. The first-order valence-electron chi connectivity index (χ1n) is 12.7. The molecule has 2 aliphatic rings. The average Bonchev–Trinajstić information content (AvgIpc) is 3.24. The molecule has 6 rings (SSSR count). The van der Waals surface area contributed by atoms with Crippen molar-refractivity contribution in [2.75, 3.05) is 36.2 Å². The summed E-state index contributed by atoms with van der Waals surface area (Å²) in [4.78, 5) is 24.9. The van der Waals surface area contributed by atoms with Gasteiger partial charge in [-0.25, -0.2) is 18.4 Å². The molecule has 196 valence electrons. The van der Waals surface area contributed by atoms with Gasteiger partial charge in [-0.15, -0.1) is 0 Å². The van der Waals surface area contributed by atoms with E-state index in [0.717, 1.165) is 33.5 Å². The molecule has 0 radical (unpaired) electrons. The maximum absolute atomic E-state index is 13.2. The third-order valence-corrected chi connectivity index (χ3v) is 9.24. The van der Waals surface area contributed by atoms with E-state index in [4.69, 9.17) is 14.2 Å². The molecule has 9 nitrogen and oxygen atoms in total. The van der Waals surface area contributed by atoms with Gasteiger partial charge in [-0.2, -0.15) is 0 Å². The molecule has 2 aromatic heterocycles. The number of Topliss-reactive ketones (excluding diaryl/α,β-unsaturated/α-hetero) is 1. The van der Waals surface area contributed by atoms with Crippen LogP contribution in [-0.4, -0.2) is 60.6 Å². The van der Waals surface area contributed by atoms with Crippen molar-refractivity contribution in [1.29, 1.82) is 0 Å². The molecule has 2 aromatic carbocycles. The maximum Gasteiger partial charge on any atom is 0.200 e. The molecule has 0 spiro atoms. The quantitative estimate of drug-likeness (QED) is 0.339. The second kappa shape index (κ2) is 9.59. The van der Waals surface area contributed by atoms with Gasteiger partial charge in [-0.05, 0) is 43.0 Å². The van der Waals surface area contributed by atoms with Crippen molar-refractivity contribution in [3.8, 4) is 11.1 Å². The molecule has 38 heavy (non-hydrogen) atoms. The van der Waals surface area contributed by atoms with Crippen LogP contribution in [0.1, 0.15) is 40.1 Å². The van der Waals surface area contributed by atoms with Crippen LogP contribution in [0.2, 0.25) is 0 Å². The molecule has 0 N–H and O–H groups in total. The highest BCUT2D eigenvalue weighted by Crippen LogP contribution is 2.37. The molecular weight excluding hydrogens is 504 g/mol. The van der Waals surface area contributed by atoms with E-state index in [-0.39, 0.29) is 41.5 Å². The Bertz CT molecular complexity index is 1600. The molecule has 2 fully saturated rings. The largest absolute Gasteiger partial charge is 0.377 e. The average molecular weight is 533 g/mol. The Balaban J connectivity index is 1.47. The number of fused-ring (bicyclic) bond motifs is 1. The van der Waals surface area contributed by atoms with Crippen molar-refractivity contribution < 1.29 is 22.5 Å². The molecule has 2 saturated heterocycles. The maximum atomic E-state index is 13.2. The highest BCUT2D eigenvalue weighted by molar-refractivity contribution is 7.92. The zero-order chi connectivity index (χ0) is 26.4. The summed E-state index contributed by atoms with van der Waals surface area (Å²) >= 11 is 0. The normalized spacial score (nSPS) is 19.4. The van der Waals surface area contributed by atoms with E-state index in [1.807, 2.05) is 50.2 Å². The molecule has 2 aliphatic heterocycles. The minimum Gasteiger partial charge on any atom is -0.377 e. The lowest BCUT2D eigenvalue weighted by atomic mass is 10.00. The molecule has 0 unspecified atom stereocenters. The zero-order valence-corrected chi connectivity index (χ0v) is 22.1. The fourth-order valence-electron chi connectivity index (χ4n) is 5.46. The summed E-state index contributed by atoms with van der Waals surface area (Å²) in [5, 5.41) is 4.92. The Morgan fingerprint density at radius 2 is 1.87 bits per heavy atom. The Hall–Kier alpha value is -3.63. The van der Waals surface area contributed by atoms with Gasteiger partial charge >= 0.3 is 0 Å². The van der Waals surface area contributed by atoms with Crippen LogP contribution < -0.4 is 4.90 Å². The zero-order valence-electron chi connectivity index (χ0n) is 21.3. The number of aryl methyl sites for hydroxylation is 2. The number of morpholine rings is 1. The second-order valence-electron chi connectivity index (χ2n) is 10.1. The van der Waals surface area contributed by atoms with Crippen LogP contribution in [0.15, 0.2) is 53.1 Å². The number of hydrogen-bond donors (Lipinski definition) is 0. The monoisotopic (exact) mass is 532 g/mol. The van der Waals surface area contributed by atoms with Crippen LogP contribution in [0, 0.1) is 19.8 Å². The summed E-state index contributed by atoms with van der Waals surface area (Å²) in [7, 11) is -3.02. The molecule has 0 bridgehead atoms. The van der Waals surface area contributed by atoms with E-state index in [1.54, 1.807) is 0 Å². The number of ketones is 1. The standard InChI is InChI=1S/C28H28N4O5S/c1-17-26(18(2)37-31-17)21-8-9-23-22(13-21)28(30-27(29-23)25(33)12-19-15-38(34,35)16-19)32-10-11-36-14-24(32)20-6-4-3-5-7-20/h3-9,13,19,24H,10-12,14-16H2,1-2H3/t24-/m1/s1. The fourth-order valence-corrected chi connectivity index (χ4v) is 7.03. The number of nitrogens with zero attached hydrogens (tertiary/aromatic N) is 4. The lowest BCUT2D eigenvalue weighted by Gasteiger charge is -2.37. The first-order valence-corrected chi connectivity index (χ1v) is 14.5. The Labute approximate surface area is 220 Å². The van der Waals surface area contributed by atoms with E-state index < -0.39 is 9.84 Å². The number of benzene rings is 2. The highest BCUT2D eigenvalue weighted by atomic mass is 32.2. The van der Waals surface area contributed by atoms with Crippen molar-refractivity contribution in [3.05, 3.63) is 71.4 Å². The molecule has 0 saturated carbocycles. The first-order chi connectivity index (χ1) is 18.3. The van der Waals surface area contributed by atoms with Crippen LogP contribution in [0.4, 0.5) is 5.82 Å². The summed E-state index contributed by atoms with van der Waals surface area (Å²) in [6.45, 7) is 5.40. The lowest BCUT2D eigenvalue weighted by molar-refractivity contribution is 0.0935. The van der Waals surface area contributed by atoms with Gasteiger partial charge in [0.15, 0.2) is 21.4 Å². The summed E-state index contributed by atoms with van der Waals surface area (Å²) in [6.07, 6.45) is 0.118. The van der Waals surface area contributed by atoms with Gasteiger partial charge in [0.2, 0.25) is 0 Å². The van der Waals surface area contributed by atoms with Crippen molar-refractivity contribution in [1.82, 2.24) is 15.1 Å². The lowest BCUT2D eigenvalue weighted by Crippen LogP contribution is -2.40. The minimum absolute atomic E-state index is 0.0412. The van der Waals surface area contributed by atoms with Gasteiger partial charge in [-0.3, -0.25) is 4.79 Å². The van der Waals surface area contributed by atoms with E-state index in [1.165, 1.54) is 0 Å². The Kier molecular flexibility index (Phi) is 6.23. The number of rotatable bonds is 6. The highest BCUT2D eigenvalue weighted by Gasteiger charge is 2.36. The third-order valence-electron chi connectivity index (χ3n) is 7.29. The first kappa shape index (κ1) is 24.7. The molecule has 10 heteroatoms. The number of carbonyl (C=O) groups excluding carboxylic acids is 1. The number of hydrogen-bond acceptors (Lipinski definition) is 9. The van der Waals surface area contributed by atoms with Gasteiger partial charge in [0.25, 0.3) is 0 Å². The van der Waals surface area contributed by atoms with Crippen molar-refractivity contribution in [3.63, 3.8) is 0 Å². The predicted octanol–water partition coefficient (Wildman–Crippen LogP) is 4.10. The third kappa shape index (κ3) is 4.58. The van der Waals surface area contributed by atoms with E-state index in [9.17, 15) is 13.2 Å². The summed E-state index contributed by atoms with van der Waals surface area (Å²) < 4.78 is 34.5. The SMILES string of the molecule is Cc1noc(C)c1-c1ccc2nc(C(=O)CC3CS(=O)(=O)C3)nc(N3CCOC[C@@H]3c3ccccc3)c2c1. The predicted molar refractivity (Wildman–Crippen MR) is 143 cm³/mol. The van der Waals surface area contributed by atoms with Gasteiger partial charge in [0.05, 0.1) is 42.0 Å². The molecule has 4 aromatic rings. The van der Waals surface area contributed by atoms with E-state index in [0.29, 0.717) is 31.1 Å². The Morgan fingerprint density at radius 3 is 2.58 bits per heavy atom. The van der Waals surface area contributed by atoms with Crippen LogP contribution in [0.5, 0.6) is 0 Å². The van der Waals surface area contributed by atoms with Crippen LogP contribution >= 0.6 is 0 Å². The Morgan fingerprint density at radius 1 is 1.08 bits per heavy atom. The van der Waals surface area contributed by atoms with Crippen LogP contribution in [0.25, 0.3) is 22.0 Å². The molecule has 1 atom stereocenters. The summed E-state index contributed by atoms with van der Waals surface area (Å²) in [5.41, 5.74) is 4.38. The number of carbonyl (C=O) groups is 1. The van der Waals surface area contributed by atoms with Gasteiger partial charge in [-0.1, -0.05) is 41.6 Å². The van der Waals surface area contributed by atoms with Gasteiger partial charge in [0.1, 0.15) is 11.6 Å². The fraction of sp³-hybridized carbons (Fsp3) is 0.357. The summed E-state index contributed by atoms with van der Waals surface area (Å²) in [6, 6.07) is 15.9. The van der Waals surface area contributed by atoms with Crippen molar-refractivity contribution in [2.45, 2.75) is 26.3 Å². The number of ether oxygens (including phenoxy) is 1. The summed E-state index contributed by atoms with van der Waals surface area (Å²) in [5.74, 6) is 1.15. The minimum atomic E-state index is -3.02. The number of sulfone groups is 1. The molecule has 0 amide bonds. The number of aromatic nitrogens is 3. The molecule has 4 heterocycles. The van der Waals surface area contributed by atoms with Crippen molar-refractivity contribution in [2.24, 2.45) is 5.92 Å². The smallest absolute Gasteiger partial charge is 0.200 e. The van der Waals surface area contributed by atoms with Crippen LogP contribution in [-0.2, 0) is 14.6 Å². The van der Waals surface area contributed by atoms with E-state index >= 15 is 0 Å². The number of anilines is 1. The molecule has 0 aliphatic carbocycles. The molecular formula is C28H28N4O5S. The topological polar surface area (TPSA) is 115 Å². The van der Waals surface area contributed by atoms with Gasteiger partial charge < -0.3 is 14.2 Å². The van der Waals surface area contributed by atoms with Crippen molar-refractivity contribution >= 4 is 32.3 Å². The van der Waals surface area contributed by atoms with Crippen LogP contribution in [0.3, 0.4) is 0 Å². The van der Waals surface area contributed by atoms with E-state index in [2.05, 4.69) is 27.2 Å².